The summed E-state index contributed by atoms with van der Waals surface area (Å²) in [6.45, 7) is 6.72. The molecule has 0 radical (unpaired) electrons. The molecule has 3 rings (SSSR count). The number of aromatic hydroxyl groups is 1. The van der Waals surface area contributed by atoms with Gasteiger partial charge in [0.15, 0.2) is 6.73 Å². The van der Waals surface area contributed by atoms with Crippen molar-refractivity contribution in [3.63, 3.8) is 0 Å². The van der Waals surface area contributed by atoms with Gasteiger partial charge in [-0.2, -0.15) is 0 Å². The molecule has 1 fully saturated rings. The van der Waals surface area contributed by atoms with Crippen molar-refractivity contribution in [2.24, 2.45) is 5.41 Å². The molecule has 2 aromatic rings. The Balaban J connectivity index is 1.87. The predicted octanol–water partition coefficient (Wildman–Crippen LogP) is 1.79. The number of aromatic nitrogens is 2. The van der Waals surface area contributed by atoms with Crippen LogP contribution < -0.4 is 10.5 Å². The van der Waals surface area contributed by atoms with Crippen LogP contribution in [0.2, 0.25) is 0 Å². The molecule has 8 heteroatoms. The molecule has 2 heterocycles. The summed E-state index contributed by atoms with van der Waals surface area (Å²) in [5.41, 5.74) is 0.165. The zero-order valence-corrected chi connectivity index (χ0v) is 17.1. The number of ether oxygens (including phenoxy) is 1. The van der Waals surface area contributed by atoms with Crippen molar-refractivity contribution in [1.82, 2.24) is 14.5 Å². The first-order valence-corrected chi connectivity index (χ1v) is 9.38. The lowest BCUT2D eigenvalue weighted by atomic mass is 9.98. The van der Waals surface area contributed by atoms with Gasteiger partial charge < -0.3 is 19.6 Å². The van der Waals surface area contributed by atoms with E-state index in [9.17, 15) is 14.7 Å². The molecule has 1 aromatic carbocycles. The highest BCUT2D eigenvalue weighted by atomic mass is 16.5. The molecular weight excluding hydrogens is 360 g/mol. The summed E-state index contributed by atoms with van der Waals surface area (Å²) >= 11 is 0. The van der Waals surface area contributed by atoms with Crippen molar-refractivity contribution in [3.05, 3.63) is 28.8 Å². The number of carbonyl (C=O) groups excluding carboxylic acids is 1. The first-order chi connectivity index (χ1) is 13.1. The van der Waals surface area contributed by atoms with Gasteiger partial charge in [0, 0.05) is 30.9 Å². The fourth-order valence-corrected chi connectivity index (χ4v) is 3.26. The maximum Gasteiger partial charge on any atom is 0.312 e. The van der Waals surface area contributed by atoms with Crippen LogP contribution >= 0.6 is 0 Å². The molecule has 1 atom stereocenters. The number of anilines is 1. The Hall–Kier alpha value is -2.61. The number of carbonyl (C=O) groups is 1. The van der Waals surface area contributed by atoms with Gasteiger partial charge in [0.2, 0.25) is 0 Å². The number of hydrogen-bond donors (Lipinski definition) is 1. The topological polar surface area (TPSA) is 87.9 Å². The van der Waals surface area contributed by atoms with Crippen LogP contribution in [0, 0.1) is 5.41 Å². The minimum atomic E-state index is -0.662. The predicted molar refractivity (Wildman–Crippen MR) is 108 cm³/mol. The van der Waals surface area contributed by atoms with Gasteiger partial charge in [0.25, 0.3) is 5.56 Å². The maximum absolute atomic E-state index is 12.7. The molecule has 0 amide bonds. The lowest BCUT2D eigenvalue weighted by molar-refractivity contribution is -0.157. The van der Waals surface area contributed by atoms with Crippen molar-refractivity contribution in [1.29, 1.82) is 0 Å². The van der Waals surface area contributed by atoms with Crippen LogP contribution in [0.1, 0.15) is 27.2 Å². The summed E-state index contributed by atoms with van der Waals surface area (Å²) < 4.78 is 6.37. The number of esters is 1. The Morgan fingerprint density at radius 3 is 2.68 bits per heavy atom. The number of benzene rings is 1. The van der Waals surface area contributed by atoms with Crippen LogP contribution in [0.25, 0.3) is 10.9 Å². The van der Waals surface area contributed by atoms with E-state index < -0.39 is 16.9 Å². The van der Waals surface area contributed by atoms with Crippen LogP contribution in [-0.4, -0.2) is 58.8 Å². The Morgan fingerprint density at radius 2 is 2.07 bits per heavy atom. The van der Waals surface area contributed by atoms with E-state index in [2.05, 4.69) is 28.9 Å². The van der Waals surface area contributed by atoms with Crippen molar-refractivity contribution in [2.75, 3.05) is 32.1 Å². The summed E-state index contributed by atoms with van der Waals surface area (Å²) in [5, 5.41) is 10.6. The second-order valence-corrected chi connectivity index (χ2v) is 8.54. The van der Waals surface area contributed by atoms with E-state index in [1.807, 2.05) is 6.07 Å². The molecule has 1 aliphatic heterocycles. The number of phenols is 1. The molecule has 28 heavy (non-hydrogen) atoms. The van der Waals surface area contributed by atoms with Gasteiger partial charge in [-0.15, -0.1) is 0 Å². The first-order valence-electron chi connectivity index (χ1n) is 9.38. The Labute approximate surface area is 164 Å². The molecule has 1 saturated heterocycles. The third-order valence-corrected chi connectivity index (χ3v) is 5.10. The van der Waals surface area contributed by atoms with Gasteiger partial charge >= 0.3 is 5.97 Å². The summed E-state index contributed by atoms with van der Waals surface area (Å²) in [5.74, 6) is -0.529. The van der Waals surface area contributed by atoms with E-state index >= 15 is 0 Å². The number of nitrogens with zero attached hydrogens (tertiary/aromatic N) is 4. The van der Waals surface area contributed by atoms with Gasteiger partial charge in [0.1, 0.15) is 17.5 Å². The zero-order chi connectivity index (χ0) is 20.6. The molecule has 1 N–H and O–H groups in total. The van der Waals surface area contributed by atoms with E-state index in [4.69, 9.17) is 4.74 Å². The highest BCUT2D eigenvalue weighted by Crippen LogP contribution is 2.30. The van der Waals surface area contributed by atoms with Crippen molar-refractivity contribution >= 4 is 22.6 Å². The number of hydrogen-bond acceptors (Lipinski definition) is 7. The Kier molecular flexibility index (Phi) is 5.34. The summed E-state index contributed by atoms with van der Waals surface area (Å²) in [6, 6.07) is 3.88. The number of rotatable bonds is 4. The highest BCUT2D eigenvalue weighted by Gasteiger charge is 2.26. The molecule has 1 aromatic heterocycles. The smallest absolute Gasteiger partial charge is 0.312 e. The van der Waals surface area contributed by atoms with Crippen LogP contribution in [-0.2, 0) is 16.3 Å². The average Bonchev–Trinajstić information content (AvgIpc) is 3.10. The quantitative estimate of drug-likeness (QED) is 0.799. The van der Waals surface area contributed by atoms with E-state index in [1.54, 1.807) is 26.8 Å². The third kappa shape index (κ3) is 3.96. The van der Waals surface area contributed by atoms with Crippen molar-refractivity contribution in [2.45, 2.75) is 40.0 Å². The SMILES string of the molecule is CN(C)C1CCN(c2cc(O)c3c(=O)n(COC(=O)C(C)(C)C)cnc3c2)C1. The van der Waals surface area contributed by atoms with Gasteiger partial charge in [-0.1, -0.05) is 0 Å². The molecule has 1 unspecified atom stereocenters. The summed E-state index contributed by atoms with van der Waals surface area (Å²) in [7, 11) is 4.12. The third-order valence-electron chi connectivity index (χ3n) is 5.10. The number of phenolic OH excluding ortho intramolecular Hbond substituents is 1. The van der Waals surface area contributed by atoms with Gasteiger partial charge in [-0.3, -0.25) is 14.2 Å². The lowest BCUT2D eigenvalue weighted by Gasteiger charge is -2.22. The van der Waals surface area contributed by atoms with Gasteiger partial charge in [0.05, 0.1) is 10.9 Å². The Bertz CT molecular complexity index is 946. The van der Waals surface area contributed by atoms with Gasteiger partial charge in [-0.25, -0.2) is 4.98 Å². The molecule has 1 aliphatic rings. The Morgan fingerprint density at radius 1 is 1.36 bits per heavy atom. The second-order valence-electron chi connectivity index (χ2n) is 8.54. The standard InChI is InChI=1S/C20H28N4O4/c1-20(2,3)19(27)28-12-24-11-21-15-8-14(9-16(25)17(15)18(24)26)23-7-6-13(10-23)22(4)5/h8-9,11,13,25H,6-7,10,12H2,1-5H3. The zero-order valence-electron chi connectivity index (χ0n) is 17.1. The largest absolute Gasteiger partial charge is 0.507 e. The first kappa shape index (κ1) is 20.1. The maximum atomic E-state index is 12.7. The van der Waals surface area contributed by atoms with Crippen molar-refractivity contribution in [3.8, 4) is 5.75 Å². The molecule has 8 nitrogen and oxygen atoms in total. The van der Waals surface area contributed by atoms with E-state index in [-0.39, 0.29) is 17.9 Å². The van der Waals surface area contributed by atoms with Crippen LogP contribution in [0.4, 0.5) is 5.69 Å². The molecular formula is C20H28N4O4. The van der Waals surface area contributed by atoms with Crippen LogP contribution in [0.5, 0.6) is 5.75 Å². The van der Waals surface area contributed by atoms with Crippen molar-refractivity contribution < 1.29 is 14.6 Å². The van der Waals surface area contributed by atoms with E-state index in [0.717, 1.165) is 25.2 Å². The molecule has 0 spiro atoms. The molecule has 0 bridgehead atoms. The fraction of sp³-hybridized carbons (Fsp3) is 0.550. The lowest BCUT2D eigenvalue weighted by Crippen LogP contribution is -2.31. The summed E-state index contributed by atoms with van der Waals surface area (Å²) in [4.78, 5) is 33.3. The molecule has 152 valence electrons. The summed E-state index contributed by atoms with van der Waals surface area (Å²) in [6.07, 6.45) is 2.39. The van der Waals surface area contributed by atoms with Gasteiger partial charge in [-0.05, 0) is 47.4 Å². The molecule has 0 saturated carbocycles. The molecule has 0 aliphatic carbocycles. The van der Waals surface area contributed by atoms with Crippen LogP contribution in [0.3, 0.4) is 0 Å². The van der Waals surface area contributed by atoms with Crippen LogP contribution in [0.15, 0.2) is 23.3 Å². The minimum Gasteiger partial charge on any atom is -0.507 e. The normalized spacial score (nSPS) is 17.5. The average molecular weight is 388 g/mol. The monoisotopic (exact) mass is 388 g/mol. The highest BCUT2D eigenvalue weighted by molar-refractivity contribution is 5.87. The number of fused-ring (bicyclic) bond motifs is 1. The number of likely N-dealkylation sites (N-methyl/N-ethyl adjacent to an activating group) is 1. The van der Waals surface area contributed by atoms with E-state index in [0.29, 0.717) is 11.6 Å². The fourth-order valence-electron chi connectivity index (χ4n) is 3.26. The minimum absolute atomic E-state index is 0.116. The van der Waals surface area contributed by atoms with E-state index in [1.165, 1.54) is 10.9 Å². The second kappa shape index (κ2) is 7.43.